The predicted molar refractivity (Wildman–Crippen MR) is 231 cm³/mol. The normalized spacial score (nSPS) is 19.3. The molecule has 3 aromatic carbocycles. The molecule has 3 N–H and O–H groups in total. The number of rotatable bonds is 17. The van der Waals surface area contributed by atoms with Gasteiger partial charge in [-0.25, -0.2) is 0 Å². The van der Waals surface area contributed by atoms with E-state index in [-0.39, 0.29) is 43.0 Å². The fourth-order valence-corrected chi connectivity index (χ4v) is 8.71. The van der Waals surface area contributed by atoms with Crippen LogP contribution in [-0.2, 0) is 25.7 Å². The fourth-order valence-electron chi connectivity index (χ4n) is 8.50. The van der Waals surface area contributed by atoms with Crippen molar-refractivity contribution in [1.82, 2.24) is 20.9 Å². The summed E-state index contributed by atoms with van der Waals surface area (Å²) in [7, 11) is 0. The maximum absolute atomic E-state index is 13.8. The summed E-state index contributed by atoms with van der Waals surface area (Å²) in [4.78, 5) is 54.8. The average Bonchev–Trinajstić information content (AvgIpc) is 3.73. The number of carbonyl (C=O) groups is 4. The highest BCUT2D eigenvalue weighted by atomic mass is 35.5. The minimum atomic E-state index is -0.855. The number of likely N-dealkylation sites (tertiary alicyclic amines) is 1. The standard InChI is InChI=1S/C47H57ClN6O7/c1-45(2,3)39(42(58)54-22-10-11-37(54)41(57)51-28-31-14-12-30(26-49)13-15-31)52-38(55)29-59-23-8-9-24-60-34-19-16-32(17-20-34)40(56)53-43-46(4,5)44(47(43,6)7)61-35-21-18-33(27-50)36(48)25-35/h12-21,25,37,39,43-44H,8-11,22-24,28-29H2,1-7H3,(H,51,57)(H,52,55)(H,53,56)/t37-,39+,43?,44?/m0/s1. The van der Waals surface area contributed by atoms with Gasteiger partial charge >= 0.3 is 0 Å². The highest BCUT2D eigenvalue weighted by Crippen LogP contribution is 2.55. The Morgan fingerprint density at radius 1 is 0.902 bits per heavy atom. The summed E-state index contributed by atoms with van der Waals surface area (Å²) in [6.07, 6.45) is 2.30. The second-order valence-corrected chi connectivity index (χ2v) is 18.4. The van der Waals surface area contributed by atoms with Gasteiger partial charge in [0, 0.05) is 48.2 Å². The number of hydrogen-bond acceptors (Lipinski definition) is 9. The molecule has 5 rings (SSSR count). The lowest BCUT2D eigenvalue weighted by Crippen LogP contribution is -2.74. The van der Waals surface area contributed by atoms with Crippen molar-refractivity contribution in [2.45, 2.75) is 105 Å². The second-order valence-electron chi connectivity index (χ2n) is 18.0. The van der Waals surface area contributed by atoms with Crippen molar-refractivity contribution in [3.05, 3.63) is 94.0 Å². The third kappa shape index (κ3) is 11.4. The van der Waals surface area contributed by atoms with Gasteiger partial charge in [0.2, 0.25) is 17.7 Å². The highest BCUT2D eigenvalue weighted by molar-refractivity contribution is 6.31. The van der Waals surface area contributed by atoms with E-state index >= 15 is 0 Å². The number of amides is 4. The Bertz CT molecular complexity index is 2120. The summed E-state index contributed by atoms with van der Waals surface area (Å²) in [5.74, 6) is 0.0198. The third-order valence-electron chi connectivity index (χ3n) is 11.5. The molecular formula is C47H57ClN6O7. The smallest absolute Gasteiger partial charge is 0.251 e. The zero-order chi connectivity index (χ0) is 44.5. The molecule has 0 unspecified atom stereocenters. The third-order valence-corrected chi connectivity index (χ3v) is 11.9. The molecule has 2 atom stereocenters. The summed E-state index contributed by atoms with van der Waals surface area (Å²) in [5.41, 5.74) is 0.868. The molecule has 0 aromatic heterocycles. The first-order valence-electron chi connectivity index (χ1n) is 20.7. The largest absolute Gasteiger partial charge is 0.494 e. The average molecular weight is 853 g/mol. The lowest BCUT2D eigenvalue weighted by atomic mass is 9.49. The van der Waals surface area contributed by atoms with E-state index in [1.807, 2.05) is 20.8 Å². The molecule has 1 aliphatic carbocycles. The van der Waals surface area contributed by atoms with Gasteiger partial charge in [0.1, 0.15) is 42.4 Å². The zero-order valence-electron chi connectivity index (χ0n) is 36.1. The Balaban J connectivity index is 1.00. The molecule has 1 heterocycles. The molecule has 0 spiro atoms. The molecule has 0 bridgehead atoms. The quantitative estimate of drug-likeness (QED) is 0.124. The first-order valence-corrected chi connectivity index (χ1v) is 21.1. The van der Waals surface area contributed by atoms with Gasteiger partial charge in [-0.15, -0.1) is 0 Å². The van der Waals surface area contributed by atoms with Gasteiger partial charge in [-0.05, 0) is 85.2 Å². The number of unbranched alkanes of at least 4 members (excludes halogenated alkanes) is 1. The molecule has 1 aliphatic heterocycles. The van der Waals surface area contributed by atoms with Crippen molar-refractivity contribution in [3.8, 4) is 23.6 Å². The van der Waals surface area contributed by atoms with Crippen LogP contribution in [-0.4, -0.2) is 79.1 Å². The lowest BCUT2D eigenvalue weighted by molar-refractivity contribution is -0.164. The summed E-state index contributed by atoms with van der Waals surface area (Å²) >= 11 is 6.22. The van der Waals surface area contributed by atoms with Crippen LogP contribution in [0.2, 0.25) is 5.02 Å². The Hall–Kier alpha value is -5.63. The van der Waals surface area contributed by atoms with Gasteiger partial charge in [-0.2, -0.15) is 10.5 Å². The van der Waals surface area contributed by atoms with Crippen LogP contribution >= 0.6 is 11.6 Å². The number of hydrogen-bond donors (Lipinski definition) is 3. The number of nitrogens with one attached hydrogen (secondary N) is 3. The maximum atomic E-state index is 13.8. The van der Waals surface area contributed by atoms with E-state index in [0.29, 0.717) is 78.7 Å². The van der Waals surface area contributed by atoms with Gasteiger partial charge in [0.25, 0.3) is 5.91 Å². The van der Waals surface area contributed by atoms with Crippen molar-refractivity contribution in [3.63, 3.8) is 0 Å². The molecule has 2 fully saturated rings. The van der Waals surface area contributed by atoms with E-state index in [2.05, 4.69) is 55.8 Å². The second kappa shape index (κ2) is 19.8. The molecule has 14 heteroatoms. The van der Waals surface area contributed by atoms with Crippen LogP contribution in [0.1, 0.15) is 101 Å². The van der Waals surface area contributed by atoms with Gasteiger partial charge in [0.05, 0.1) is 28.8 Å². The number of ether oxygens (including phenoxy) is 3. The van der Waals surface area contributed by atoms with Gasteiger partial charge in [-0.1, -0.05) is 72.2 Å². The molecule has 1 saturated carbocycles. The molecular weight excluding hydrogens is 796 g/mol. The van der Waals surface area contributed by atoms with Crippen LogP contribution in [0, 0.1) is 38.9 Å². The van der Waals surface area contributed by atoms with Gasteiger partial charge < -0.3 is 35.1 Å². The Kier molecular flexibility index (Phi) is 15.1. The number of nitrogens with zero attached hydrogens (tertiary/aromatic N) is 3. The Labute approximate surface area is 364 Å². The van der Waals surface area contributed by atoms with E-state index in [1.54, 1.807) is 71.6 Å². The number of nitriles is 2. The SMILES string of the molecule is CC1(C)C(NC(=O)c2ccc(OCCCCOCC(=O)N[C@H](C(=O)N3CCC[C@H]3C(=O)NCc3ccc(C#N)cc3)C(C)(C)C)cc2)C(C)(C)C1Oc1ccc(C#N)c(Cl)c1. The minimum absolute atomic E-state index is 0.172. The predicted octanol–water partition coefficient (Wildman–Crippen LogP) is 6.71. The summed E-state index contributed by atoms with van der Waals surface area (Å²) in [6.45, 7) is 15.0. The van der Waals surface area contributed by atoms with Crippen LogP contribution in [0.5, 0.6) is 11.5 Å². The molecule has 3 aromatic rings. The van der Waals surface area contributed by atoms with Gasteiger partial charge in [-0.3, -0.25) is 19.2 Å². The lowest BCUT2D eigenvalue weighted by Gasteiger charge is -2.63. The first kappa shape index (κ1) is 46.4. The number of carbonyl (C=O) groups excluding carboxylic acids is 4. The van der Waals surface area contributed by atoms with Crippen LogP contribution in [0.3, 0.4) is 0 Å². The van der Waals surface area contributed by atoms with Crippen molar-refractivity contribution in [2.24, 2.45) is 16.2 Å². The zero-order valence-corrected chi connectivity index (χ0v) is 36.9. The van der Waals surface area contributed by atoms with Crippen molar-refractivity contribution in [2.75, 3.05) is 26.4 Å². The molecule has 1 saturated heterocycles. The minimum Gasteiger partial charge on any atom is -0.494 e. The number of benzene rings is 3. The van der Waals surface area contributed by atoms with E-state index in [9.17, 15) is 24.4 Å². The van der Waals surface area contributed by atoms with E-state index in [0.717, 1.165) is 5.56 Å². The molecule has 0 radical (unpaired) electrons. The molecule has 4 amide bonds. The fraction of sp³-hybridized carbons (Fsp3) is 0.489. The summed E-state index contributed by atoms with van der Waals surface area (Å²) in [5, 5.41) is 27.5. The molecule has 13 nitrogen and oxygen atoms in total. The van der Waals surface area contributed by atoms with E-state index in [4.69, 9.17) is 31.1 Å². The number of halogens is 1. The maximum Gasteiger partial charge on any atom is 0.251 e. The van der Waals surface area contributed by atoms with E-state index < -0.39 is 34.2 Å². The summed E-state index contributed by atoms with van der Waals surface area (Å²) < 4.78 is 17.9. The molecule has 324 valence electrons. The molecule has 2 aliphatic rings. The van der Waals surface area contributed by atoms with Crippen molar-refractivity contribution in [1.29, 1.82) is 10.5 Å². The Morgan fingerprint density at radius 3 is 2.18 bits per heavy atom. The summed E-state index contributed by atoms with van der Waals surface area (Å²) in [6, 6.07) is 21.4. The molecule has 61 heavy (non-hydrogen) atoms. The highest BCUT2D eigenvalue weighted by Gasteiger charge is 2.64. The van der Waals surface area contributed by atoms with Gasteiger partial charge in [0.15, 0.2) is 0 Å². The Morgan fingerprint density at radius 2 is 1.56 bits per heavy atom. The topological polar surface area (TPSA) is 183 Å². The van der Waals surface area contributed by atoms with Crippen LogP contribution in [0.25, 0.3) is 0 Å². The monoisotopic (exact) mass is 852 g/mol. The van der Waals surface area contributed by atoms with Crippen LogP contribution < -0.4 is 25.4 Å². The van der Waals surface area contributed by atoms with Crippen LogP contribution in [0.15, 0.2) is 66.7 Å². The van der Waals surface area contributed by atoms with Crippen molar-refractivity contribution < 1.29 is 33.4 Å². The first-order chi connectivity index (χ1) is 28.9. The van der Waals surface area contributed by atoms with E-state index in [1.165, 1.54) is 0 Å². The van der Waals surface area contributed by atoms with Crippen LogP contribution in [0.4, 0.5) is 0 Å². The van der Waals surface area contributed by atoms with Crippen molar-refractivity contribution >= 4 is 35.2 Å².